The van der Waals surface area contributed by atoms with Crippen LogP contribution in [0.2, 0.25) is 10.0 Å². The number of aliphatic hydroxyl groups excluding tert-OH is 1. The van der Waals surface area contributed by atoms with Gasteiger partial charge in [0.25, 0.3) is 5.78 Å². The fourth-order valence-corrected chi connectivity index (χ4v) is 7.41. The lowest BCUT2D eigenvalue weighted by atomic mass is 9.93. The lowest BCUT2D eigenvalue weighted by molar-refractivity contribution is -0.132. The lowest BCUT2D eigenvalue weighted by Crippen LogP contribution is -2.29. The van der Waals surface area contributed by atoms with Crippen molar-refractivity contribution in [3.05, 3.63) is 96.4 Å². The molecule has 1 aliphatic rings. The number of aryl methyl sites for hydroxylation is 2. The number of Topliss-reactive ketones (excluding diaryl/α,β-unsaturated/α-hetero) is 1. The number of halogens is 3. The summed E-state index contributed by atoms with van der Waals surface area (Å²) in [6, 6.07) is 12.7. The Morgan fingerprint density at radius 1 is 1.12 bits per heavy atom. The molecule has 1 atom stereocenters. The zero-order valence-electron chi connectivity index (χ0n) is 22.3. The van der Waals surface area contributed by atoms with Crippen molar-refractivity contribution in [2.24, 2.45) is 0 Å². The fourth-order valence-electron chi connectivity index (χ4n) is 4.52. The number of methoxy groups -OCH3 is 1. The van der Waals surface area contributed by atoms with Gasteiger partial charge in [0.2, 0.25) is 5.13 Å². The van der Waals surface area contributed by atoms with Crippen LogP contribution in [0.25, 0.3) is 5.76 Å². The molecule has 1 fully saturated rings. The van der Waals surface area contributed by atoms with Gasteiger partial charge in [0, 0.05) is 21.4 Å². The van der Waals surface area contributed by atoms with E-state index in [0.29, 0.717) is 31.3 Å². The van der Waals surface area contributed by atoms with E-state index in [9.17, 15) is 19.8 Å². The molecule has 3 aromatic carbocycles. The summed E-state index contributed by atoms with van der Waals surface area (Å²) >= 11 is 18.1. The molecule has 1 aromatic heterocycles. The number of aromatic hydroxyl groups is 1. The van der Waals surface area contributed by atoms with Crippen molar-refractivity contribution >= 4 is 84.8 Å². The van der Waals surface area contributed by atoms with Crippen LogP contribution in [0.1, 0.15) is 33.9 Å². The van der Waals surface area contributed by atoms with Crippen molar-refractivity contribution in [3.63, 3.8) is 0 Å². The number of nitrogens with zero attached hydrogens (tertiary/aromatic N) is 3. The second kappa shape index (κ2) is 12.3. The summed E-state index contributed by atoms with van der Waals surface area (Å²) in [5, 5.41) is 31.7. The van der Waals surface area contributed by atoms with Crippen molar-refractivity contribution in [1.82, 2.24) is 10.2 Å². The van der Waals surface area contributed by atoms with Gasteiger partial charge in [-0.15, -0.1) is 10.2 Å². The molecule has 216 valence electrons. The van der Waals surface area contributed by atoms with Gasteiger partial charge in [-0.2, -0.15) is 0 Å². The first-order chi connectivity index (χ1) is 20.0. The number of hydrogen-bond acceptors (Lipinski definition) is 9. The first kappa shape index (κ1) is 30.4. The number of ether oxygens (including phenoxy) is 1. The molecule has 1 unspecified atom stereocenters. The predicted molar refractivity (Wildman–Crippen MR) is 169 cm³/mol. The molecule has 0 aliphatic carbocycles. The maximum absolute atomic E-state index is 13.6. The Hall–Kier alpha value is -3.09. The van der Waals surface area contributed by atoms with E-state index in [2.05, 4.69) is 26.1 Å². The average molecular weight is 707 g/mol. The van der Waals surface area contributed by atoms with Gasteiger partial charge in [0.05, 0.1) is 23.2 Å². The van der Waals surface area contributed by atoms with Crippen molar-refractivity contribution in [1.29, 1.82) is 0 Å². The Balaban J connectivity index is 1.61. The van der Waals surface area contributed by atoms with Gasteiger partial charge in [0.1, 0.15) is 5.76 Å². The van der Waals surface area contributed by atoms with Gasteiger partial charge >= 0.3 is 5.91 Å². The van der Waals surface area contributed by atoms with Gasteiger partial charge in [-0.3, -0.25) is 14.5 Å². The maximum Gasteiger partial charge on any atom is 0.301 e. The van der Waals surface area contributed by atoms with Crippen LogP contribution in [0.5, 0.6) is 11.5 Å². The van der Waals surface area contributed by atoms with Gasteiger partial charge in [0.15, 0.2) is 15.8 Å². The molecule has 5 rings (SSSR count). The zero-order valence-corrected chi connectivity index (χ0v) is 27.0. The van der Waals surface area contributed by atoms with Crippen LogP contribution in [0, 0.1) is 13.8 Å². The molecule has 2 heterocycles. The van der Waals surface area contributed by atoms with E-state index >= 15 is 0 Å². The number of hydrogen-bond donors (Lipinski definition) is 2. The summed E-state index contributed by atoms with van der Waals surface area (Å²) in [6.45, 7) is 3.67. The van der Waals surface area contributed by atoms with E-state index in [0.717, 1.165) is 28.0 Å². The van der Waals surface area contributed by atoms with E-state index in [4.69, 9.17) is 27.9 Å². The Kier molecular flexibility index (Phi) is 8.86. The number of amides is 1. The second-order valence-corrected chi connectivity index (χ2v) is 13.3. The summed E-state index contributed by atoms with van der Waals surface area (Å²) in [4.78, 5) is 28.4. The third kappa shape index (κ3) is 5.76. The largest absolute Gasteiger partial charge is 0.507 e. The number of rotatable bonds is 7. The monoisotopic (exact) mass is 705 g/mol. The number of anilines is 1. The van der Waals surface area contributed by atoms with E-state index in [-0.39, 0.29) is 32.4 Å². The molecule has 0 bridgehead atoms. The van der Waals surface area contributed by atoms with Crippen LogP contribution >= 0.6 is 62.2 Å². The Bertz CT molecular complexity index is 1780. The van der Waals surface area contributed by atoms with Crippen molar-refractivity contribution < 1.29 is 24.5 Å². The molecule has 8 nitrogen and oxygen atoms in total. The third-order valence-electron chi connectivity index (χ3n) is 6.65. The molecule has 1 saturated heterocycles. The summed E-state index contributed by atoms with van der Waals surface area (Å²) in [5.74, 6) is -1.63. The highest BCUT2D eigenvalue weighted by Crippen LogP contribution is 2.47. The summed E-state index contributed by atoms with van der Waals surface area (Å²) in [5.41, 5.74) is 3.15. The van der Waals surface area contributed by atoms with Gasteiger partial charge < -0.3 is 14.9 Å². The quantitative estimate of drug-likeness (QED) is 0.0657. The molecule has 1 amide bonds. The van der Waals surface area contributed by atoms with E-state index in [1.807, 2.05) is 25.1 Å². The number of ketones is 1. The fraction of sp³-hybridized carbons (Fsp3) is 0.172. The maximum atomic E-state index is 13.6. The van der Waals surface area contributed by atoms with Gasteiger partial charge in [-0.1, -0.05) is 70.1 Å². The number of benzene rings is 3. The molecule has 4 aromatic rings. The summed E-state index contributed by atoms with van der Waals surface area (Å²) in [6.07, 6.45) is 0. The molecule has 2 N–H and O–H groups in total. The van der Waals surface area contributed by atoms with Crippen molar-refractivity contribution in [2.45, 2.75) is 30.0 Å². The minimum absolute atomic E-state index is 0.116. The van der Waals surface area contributed by atoms with Crippen LogP contribution < -0.4 is 9.64 Å². The van der Waals surface area contributed by atoms with Crippen LogP contribution in [0.4, 0.5) is 5.13 Å². The number of phenolic OH excluding ortho intramolecular Hbond substituents is 1. The Morgan fingerprint density at radius 3 is 2.60 bits per heavy atom. The first-order valence-electron chi connectivity index (χ1n) is 12.4. The highest BCUT2D eigenvalue weighted by Gasteiger charge is 2.49. The first-order valence-corrected chi connectivity index (χ1v) is 15.7. The normalized spacial score (nSPS) is 16.3. The molecule has 1 aliphatic heterocycles. The number of aliphatic hydroxyl groups is 1. The number of carbonyl (C=O) groups is 2. The van der Waals surface area contributed by atoms with Gasteiger partial charge in [-0.25, -0.2) is 0 Å². The molecule has 13 heteroatoms. The summed E-state index contributed by atoms with van der Waals surface area (Å²) < 4.78 is 6.15. The van der Waals surface area contributed by atoms with Crippen LogP contribution in [-0.4, -0.2) is 39.2 Å². The van der Waals surface area contributed by atoms with Crippen molar-refractivity contribution in [3.8, 4) is 11.5 Å². The molecule has 0 saturated carbocycles. The van der Waals surface area contributed by atoms with Crippen LogP contribution in [-0.2, 0) is 15.3 Å². The van der Waals surface area contributed by atoms with E-state index < -0.39 is 17.7 Å². The smallest absolute Gasteiger partial charge is 0.301 e. The highest BCUT2D eigenvalue weighted by molar-refractivity contribution is 9.10. The molecule has 0 radical (unpaired) electrons. The second-order valence-electron chi connectivity index (χ2n) is 9.42. The Labute approximate surface area is 268 Å². The van der Waals surface area contributed by atoms with Gasteiger partial charge in [-0.05, 0) is 76.8 Å². The molecular formula is C29H22BrCl2N3O5S2. The summed E-state index contributed by atoms with van der Waals surface area (Å²) in [7, 11) is 1.39. The highest BCUT2D eigenvalue weighted by atomic mass is 79.9. The number of thioether (sulfide) groups is 1. The number of carbonyl (C=O) groups excluding carboxylic acids is 2. The molecular weight excluding hydrogens is 685 g/mol. The topological polar surface area (TPSA) is 113 Å². The number of phenols is 1. The standard InChI is InChI=1S/C29H22BrCl2N3O5S2/c1-13-4-5-14(2)18(8-13)24(36)22-23(16-9-19(30)25(37)21(10-16)40-3)35(27(39)26(22)38)28-33-34-29(42-28)41-12-15-6-7-17(31)11-20(15)32/h4-11,23,36-37H,12H2,1-3H3. The lowest BCUT2D eigenvalue weighted by Gasteiger charge is -2.23. The minimum atomic E-state index is -1.09. The predicted octanol–water partition coefficient (Wildman–Crippen LogP) is 7.86. The SMILES string of the molecule is COc1cc(C2C(=C(O)c3cc(C)ccc3C)C(=O)C(=O)N2c2nnc(SCc3ccc(Cl)cc3Cl)s2)cc(Br)c1O. The average Bonchev–Trinajstić information content (AvgIpc) is 3.52. The number of aromatic nitrogens is 2. The van der Waals surface area contributed by atoms with Crippen LogP contribution in [0.15, 0.2) is 62.9 Å². The third-order valence-corrected chi connectivity index (χ3v) is 9.94. The van der Waals surface area contributed by atoms with Crippen LogP contribution in [0.3, 0.4) is 0 Å². The van der Waals surface area contributed by atoms with E-state index in [1.165, 1.54) is 29.8 Å². The molecule has 42 heavy (non-hydrogen) atoms. The van der Waals surface area contributed by atoms with Crippen molar-refractivity contribution in [2.75, 3.05) is 12.0 Å². The molecule has 0 spiro atoms. The zero-order chi connectivity index (χ0) is 30.3. The minimum Gasteiger partial charge on any atom is -0.507 e. The Morgan fingerprint density at radius 2 is 1.88 bits per heavy atom. The van der Waals surface area contributed by atoms with E-state index in [1.54, 1.807) is 31.2 Å².